The third-order valence-electron chi connectivity index (χ3n) is 2.48. The van der Waals surface area contributed by atoms with Crippen LogP contribution in [0.2, 0.25) is 5.02 Å². The summed E-state index contributed by atoms with van der Waals surface area (Å²) >= 11 is 5.97. The lowest BCUT2D eigenvalue weighted by atomic mass is 10.1. The van der Waals surface area contributed by atoms with E-state index in [9.17, 15) is 4.79 Å². The summed E-state index contributed by atoms with van der Waals surface area (Å²) in [6.07, 6.45) is 1.48. The fourth-order valence-electron chi connectivity index (χ4n) is 1.60. The van der Waals surface area contributed by atoms with Gasteiger partial charge in [0.05, 0.1) is 11.2 Å². The van der Waals surface area contributed by atoms with E-state index in [4.69, 9.17) is 17.3 Å². The summed E-state index contributed by atoms with van der Waals surface area (Å²) in [5, 5.41) is 4.41. The van der Waals surface area contributed by atoms with Crippen LogP contribution in [0, 0.1) is 0 Å². The Balaban J connectivity index is 2.43. The van der Waals surface area contributed by atoms with E-state index in [1.165, 1.54) is 6.20 Å². The van der Waals surface area contributed by atoms with Crippen LogP contribution >= 0.6 is 11.6 Å². The van der Waals surface area contributed by atoms with Crippen molar-refractivity contribution in [1.82, 2.24) is 9.78 Å². The van der Waals surface area contributed by atoms with Gasteiger partial charge in [-0.3, -0.25) is 9.48 Å². The number of benzene rings is 1. The monoisotopic (exact) mass is 249 g/mol. The third-order valence-corrected chi connectivity index (χ3v) is 2.76. The van der Waals surface area contributed by atoms with Crippen molar-refractivity contribution in [3.63, 3.8) is 0 Å². The molecule has 2 rings (SSSR count). The lowest BCUT2D eigenvalue weighted by Crippen LogP contribution is -2.11. The van der Waals surface area contributed by atoms with E-state index in [0.29, 0.717) is 28.5 Å². The molecule has 0 bridgehead atoms. The van der Waals surface area contributed by atoms with Gasteiger partial charge in [0.1, 0.15) is 5.69 Å². The Morgan fingerprint density at radius 3 is 2.65 bits per heavy atom. The lowest BCUT2D eigenvalue weighted by molar-refractivity contribution is 0.102. The van der Waals surface area contributed by atoms with E-state index in [-0.39, 0.29) is 5.78 Å². The molecule has 0 aliphatic carbocycles. The molecule has 1 aromatic carbocycles. The highest BCUT2D eigenvalue weighted by Gasteiger charge is 2.18. The first-order valence-electron chi connectivity index (χ1n) is 5.25. The summed E-state index contributed by atoms with van der Waals surface area (Å²) in [6, 6.07) is 6.74. The van der Waals surface area contributed by atoms with E-state index in [0.717, 1.165) is 0 Å². The molecular weight excluding hydrogens is 238 g/mol. The van der Waals surface area contributed by atoms with E-state index in [1.807, 2.05) is 6.92 Å². The number of carbonyl (C=O) groups excluding carboxylic acids is 1. The number of anilines is 1. The number of nitrogens with two attached hydrogens (primary N) is 1. The molecule has 0 radical (unpaired) electrons. The van der Waals surface area contributed by atoms with E-state index in [2.05, 4.69) is 5.10 Å². The Kier molecular flexibility index (Phi) is 3.15. The Morgan fingerprint density at radius 2 is 2.06 bits per heavy atom. The van der Waals surface area contributed by atoms with Crippen LogP contribution in [0.15, 0.2) is 30.5 Å². The lowest BCUT2D eigenvalue weighted by Gasteiger charge is -2.05. The molecule has 0 spiro atoms. The van der Waals surface area contributed by atoms with E-state index < -0.39 is 0 Å². The molecule has 0 aliphatic heterocycles. The molecule has 0 fully saturated rings. The van der Waals surface area contributed by atoms with Crippen molar-refractivity contribution in [1.29, 1.82) is 0 Å². The molecule has 2 aromatic rings. The van der Waals surface area contributed by atoms with Gasteiger partial charge < -0.3 is 5.73 Å². The van der Waals surface area contributed by atoms with Crippen molar-refractivity contribution in [2.24, 2.45) is 0 Å². The first kappa shape index (κ1) is 11.7. The summed E-state index contributed by atoms with van der Waals surface area (Å²) in [5.41, 5.74) is 7.17. The van der Waals surface area contributed by atoms with Gasteiger partial charge in [-0.25, -0.2) is 0 Å². The number of nitrogen functional groups attached to an aromatic ring is 1. The second-order valence-electron chi connectivity index (χ2n) is 3.61. The summed E-state index contributed by atoms with van der Waals surface area (Å²) in [6.45, 7) is 2.51. The zero-order valence-corrected chi connectivity index (χ0v) is 10.1. The average Bonchev–Trinajstić information content (AvgIpc) is 2.70. The maximum absolute atomic E-state index is 12.2. The molecule has 0 saturated carbocycles. The van der Waals surface area contributed by atoms with Crippen molar-refractivity contribution in [2.45, 2.75) is 13.5 Å². The van der Waals surface area contributed by atoms with Crippen LogP contribution in [0.4, 0.5) is 5.69 Å². The molecule has 5 heteroatoms. The highest BCUT2D eigenvalue weighted by atomic mass is 35.5. The number of nitrogens with zero attached hydrogens (tertiary/aromatic N) is 2. The van der Waals surface area contributed by atoms with Crippen molar-refractivity contribution in [3.05, 3.63) is 46.7 Å². The van der Waals surface area contributed by atoms with Gasteiger partial charge in [0.2, 0.25) is 5.78 Å². The topological polar surface area (TPSA) is 60.9 Å². The predicted octanol–water partition coefficient (Wildman–Crippen LogP) is 2.37. The molecule has 88 valence electrons. The predicted molar refractivity (Wildman–Crippen MR) is 67.2 cm³/mol. The van der Waals surface area contributed by atoms with Crippen molar-refractivity contribution >= 4 is 23.1 Å². The standard InChI is InChI=1S/C12H12ClN3O/c1-2-16-11(10(13)7-15-16)12(17)8-3-5-9(14)6-4-8/h3-7H,2,14H2,1H3. The van der Waals surface area contributed by atoms with Gasteiger partial charge in [-0.05, 0) is 31.2 Å². The summed E-state index contributed by atoms with van der Waals surface area (Å²) < 4.78 is 1.58. The van der Waals surface area contributed by atoms with Gasteiger partial charge in [-0.1, -0.05) is 11.6 Å². The molecule has 2 N–H and O–H groups in total. The number of aryl methyl sites for hydroxylation is 1. The van der Waals surface area contributed by atoms with Crippen LogP contribution in [-0.4, -0.2) is 15.6 Å². The number of hydrogen-bond donors (Lipinski definition) is 1. The molecular formula is C12H12ClN3O. The highest BCUT2D eigenvalue weighted by Crippen LogP contribution is 2.19. The minimum absolute atomic E-state index is 0.144. The SMILES string of the molecule is CCn1ncc(Cl)c1C(=O)c1ccc(N)cc1. The number of hydrogen-bond acceptors (Lipinski definition) is 3. The fraction of sp³-hybridized carbons (Fsp3) is 0.167. The van der Waals surface area contributed by atoms with Gasteiger partial charge in [0.15, 0.2) is 0 Å². The Hall–Kier alpha value is -1.81. The summed E-state index contributed by atoms with van der Waals surface area (Å²) in [4.78, 5) is 12.2. The molecule has 0 saturated heterocycles. The van der Waals surface area contributed by atoms with Crippen LogP contribution in [0.1, 0.15) is 23.0 Å². The highest BCUT2D eigenvalue weighted by molar-refractivity contribution is 6.34. The maximum Gasteiger partial charge on any atom is 0.212 e. The Bertz CT molecular complexity index is 545. The Labute approximate surface area is 104 Å². The van der Waals surface area contributed by atoms with Crippen LogP contribution in [0.5, 0.6) is 0 Å². The van der Waals surface area contributed by atoms with Crippen LogP contribution in [0.3, 0.4) is 0 Å². The number of rotatable bonds is 3. The second-order valence-corrected chi connectivity index (χ2v) is 4.02. The molecule has 0 atom stereocenters. The minimum atomic E-state index is -0.144. The molecule has 1 heterocycles. The van der Waals surface area contributed by atoms with Gasteiger partial charge in [0.25, 0.3) is 0 Å². The van der Waals surface area contributed by atoms with Gasteiger partial charge in [-0.15, -0.1) is 0 Å². The van der Waals surface area contributed by atoms with Gasteiger partial charge >= 0.3 is 0 Å². The first-order chi connectivity index (χ1) is 8.13. The zero-order valence-electron chi connectivity index (χ0n) is 9.35. The molecule has 4 nitrogen and oxygen atoms in total. The van der Waals surface area contributed by atoms with Gasteiger partial charge in [-0.2, -0.15) is 5.10 Å². The summed E-state index contributed by atoms with van der Waals surface area (Å²) in [7, 11) is 0. The van der Waals surface area contributed by atoms with Crippen LogP contribution in [-0.2, 0) is 6.54 Å². The number of carbonyl (C=O) groups is 1. The van der Waals surface area contributed by atoms with E-state index >= 15 is 0 Å². The number of ketones is 1. The smallest absolute Gasteiger partial charge is 0.212 e. The average molecular weight is 250 g/mol. The molecule has 0 amide bonds. The quantitative estimate of drug-likeness (QED) is 0.671. The summed E-state index contributed by atoms with van der Waals surface area (Å²) in [5.74, 6) is -0.144. The molecule has 0 aliphatic rings. The van der Waals surface area contributed by atoms with Crippen LogP contribution in [0.25, 0.3) is 0 Å². The second kappa shape index (κ2) is 4.59. The normalized spacial score (nSPS) is 10.5. The van der Waals surface area contributed by atoms with Crippen molar-refractivity contribution in [2.75, 3.05) is 5.73 Å². The van der Waals surface area contributed by atoms with Crippen LogP contribution < -0.4 is 5.73 Å². The van der Waals surface area contributed by atoms with E-state index in [1.54, 1.807) is 28.9 Å². The first-order valence-corrected chi connectivity index (χ1v) is 5.62. The maximum atomic E-state index is 12.2. The zero-order chi connectivity index (χ0) is 12.4. The van der Waals surface area contributed by atoms with Gasteiger partial charge in [0, 0.05) is 17.8 Å². The largest absolute Gasteiger partial charge is 0.399 e. The van der Waals surface area contributed by atoms with Crippen molar-refractivity contribution in [3.8, 4) is 0 Å². The number of aromatic nitrogens is 2. The third kappa shape index (κ3) is 2.17. The minimum Gasteiger partial charge on any atom is -0.399 e. The van der Waals surface area contributed by atoms with Crippen molar-refractivity contribution < 1.29 is 4.79 Å². The molecule has 0 unspecified atom stereocenters. The molecule has 17 heavy (non-hydrogen) atoms. The fourth-order valence-corrected chi connectivity index (χ4v) is 1.83. The Morgan fingerprint density at radius 1 is 1.41 bits per heavy atom. The molecule has 1 aromatic heterocycles. The number of halogens is 1.